The van der Waals surface area contributed by atoms with Crippen molar-refractivity contribution in [1.82, 2.24) is 24.6 Å². The van der Waals surface area contributed by atoms with Gasteiger partial charge in [0, 0.05) is 50.3 Å². The summed E-state index contributed by atoms with van der Waals surface area (Å²) in [6.45, 7) is 3.71. The number of amides is 1. The average Bonchev–Trinajstić information content (AvgIpc) is 3.87. The smallest absolute Gasteiger partial charge is 0.254 e. The predicted molar refractivity (Wildman–Crippen MR) is 140 cm³/mol. The van der Waals surface area contributed by atoms with Gasteiger partial charge in [0.05, 0.1) is 22.3 Å². The molecule has 2 aromatic heterocycles. The summed E-state index contributed by atoms with van der Waals surface area (Å²) < 4.78 is 15.2. The minimum Gasteiger partial charge on any atom is -0.336 e. The highest BCUT2D eigenvalue weighted by Gasteiger charge is 2.35. The zero-order chi connectivity index (χ0) is 24.9. The van der Waals surface area contributed by atoms with E-state index >= 15 is 0 Å². The second-order valence-electron chi connectivity index (χ2n) is 10.7. The number of piperazine rings is 1. The van der Waals surface area contributed by atoms with Crippen molar-refractivity contribution in [2.45, 2.75) is 44.1 Å². The lowest BCUT2D eigenvalue weighted by molar-refractivity contribution is 0.0630. The maximum absolute atomic E-state index is 14.1. The Labute approximate surface area is 215 Å². The molecule has 2 saturated carbocycles. The van der Waals surface area contributed by atoms with Gasteiger partial charge >= 0.3 is 0 Å². The first-order valence-electron chi connectivity index (χ1n) is 13.4. The van der Waals surface area contributed by atoms with Gasteiger partial charge in [-0.15, -0.1) is 0 Å². The molecule has 7 rings (SSSR count). The van der Waals surface area contributed by atoms with E-state index in [4.69, 9.17) is 10.1 Å². The van der Waals surface area contributed by atoms with E-state index in [9.17, 15) is 9.18 Å². The SMILES string of the molecule is O=C(c1cc(C2CC2)nc2c1c(C1CC1)nn2-c1ccccc1)N1CCN(Cc2ccc(F)cc2)CC1. The van der Waals surface area contributed by atoms with E-state index in [1.54, 1.807) is 0 Å². The van der Waals surface area contributed by atoms with Gasteiger partial charge in [-0.2, -0.15) is 5.10 Å². The molecule has 0 spiro atoms. The van der Waals surface area contributed by atoms with E-state index < -0.39 is 0 Å². The van der Waals surface area contributed by atoms with Crippen LogP contribution >= 0.6 is 0 Å². The number of nitrogens with zero attached hydrogens (tertiary/aromatic N) is 5. The van der Waals surface area contributed by atoms with Gasteiger partial charge in [0.25, 0.3) is 5.91 Å². The van der Waals surface area contributed by atoms with E-state index in [-0.39, 0.29) is 11.7 Å². The summed E-state index contributed by atoms with van der Waals surface area (Å²) in [5.41, 5.74) is 5.69. The molecule has 7 heteroatoms. The Balaban J connectivity index is 1.21. The van der Waals surface area contributed by atoms with Crippen LogP contribution < -0.4 is 0 Å². The molecule has 4 aromatic rings. The summed E-state index contributed by atoms with van der Waals surface area (Å²) in [6.07, 6.45) is 4.48. The number of carbonyl (C=O) groups is 1. The van der Waals surface area contributed by atoms with Crippen molar-refractivity contribution in [3.05, 3.63) is 89.0 Å². The van der Waals surface area contributed by atoms with Gasteiger partial charge in [-0.3, -0.25) is 9.69 Å². The van der Waals surface area contributed by atoms with Crippen molar-refractivity contribution in [2.75, 3.05) is 26.2 Å². The van der Waals surface area contributed by atoms with Crippen LogP contribution in [0.2, 0.25) is 0 Å². The molecule has 3 heterocycles. The van der Waals surface area contributed by atoms with Crippen LogP contribution in [0, 0.1) is 5.82 Å². The molecule has 0 unspecified atom stereocenters. The molecule has 37 heavy (non-hydrogen) atoms. The molecule has 1 aliphatic heterocycles. The highest BCUT2D eigenvalue weighted by atomic mass is 19.1. The summed E-state index contributed by atoms with van der Waals surface area (Å²) in [5, 5.41) is 5.98. The number of carbonyl (C=O) groups excluding carboxylic acids is 1. The lowest BCUT2D eigenvalue weighted by atomic mass is 10.0. The number of rotatable bonds is 6. The van der Waals surface area contributed by atoms with Gasteiger partial charge in [0.1, 0.15) is 5.82 Å². The Bertz CT molecular complexity index is 1450. The average molecular weight is 496 g/mol. The minimum atomic E-state index is -0.213. The van der Waals surface area contributed by atoms with Crippen molar-refractivity contribution in [3.8, 4) is 5.69 Å². The van der Waals surface area contributed by atoms with Gasteiger partial charge in [-0.05, 0) is 61.6 Å². The number of pyridine rings is 1. The van der Waals surface area contributed by atoms with Crippen LogP contribution in [0.1, 0.15) is 64.8 Å². The van der Waals surface area contributed by atoms with E-state index in [1.807, 2.05) is 39.9 Å². The van der Waals surface area contributed by atoms with Gasteiger partial charge in [-0.1, -0.05) is 30.3 Å². The highest BCUT2D eigenvalue weighted by Crippen LogP contribution is 2.46. The van der Waals surface area contributed by atoms with E-state index in [1.165, 1.54) is 12.1 Å². The molecule has 3 fully saturated rings. The van der Waals surface area contributed by atoms with Gasteiger partial charge in [0.15, 0.2) is 5.65 Å². The summed E-state index contributed by atoms with van der Waals surface area (Å²) >= 11 is 0. The molecule has 0 N–H and O–H groups in total. The van der Waals surface area contributed by atoms with Crippen molar-refractivity contribution in [1.29, 1.82) is 0 Å². The van der Waals surface area contributed by atoms with Crippen molar-refractivity contribution in [3.63, 3.8) is 0 Å². The van der Waals surface area contributed by atoms with Gasteiger partial charge < -0.3 is 4.90 Å². The Hall–Kier alpha value is -3.58. The summed E-state index contributed by atoms with van der Waals surface area (Å²) in [6, 6.07) is 18.9. The van der Waals surface area contributed by atoms with Crippen LogP contribution in [0.5, 0.6) is 0 Å². The topological polar surface area (TPSA) is 54.3 Å². The van der Waals surface area contributed by atoms with Gasteiger partial charge in [0.2, 0.25) is 0 Å². The number of para-hydroxylation sites is 1. The third-order valence-electron chi connectivity index (χ3n) is 7.85. The highest BCUT2D eigenvalue weighted by molar-refractivity contribution is 6.07. The van der Waals surface area contributed by atoms with Crippen LogP contribution in [-0.4, -0.2) is 56.7 Å². The molecule has 2 aliphatic carbocycles. The normalized spacial score (nSPS) is 18.5. The Morgan fingerprint density at radius 1 is 0.892 bits per heavy atom. The molecule has 1 saturated heterocycles. The molecule has 0 bridgehead atoms. The standard InChI is InChI=1S/C30H30FN5O/c31-23-12-6-20(7-13-23)19-34-14-16-35(17-15-34)30(37)25-18-26(21-8-9-21)32-29-27(25)28(22-10-11-22)33-36(29)24-4-2-1-3-5-24/h1-7,12-13,18,21-22H,8-11,14-17,19H2. The van der Waals surface area contributed by atoms with E-state index in [0.717, 1.165) is 84.6 Å². The summed E-state index contributed by atoms with van der Waals surface area (Å²) in [7, 11) is 0. The minimum absolute atomic E-state index is 0.0882. The Morgan fingerprint density at radius 2 is 1.59 bits per heavy atom. The first-order valence-corrected chi connectivity index (χ1v) is 13.4. The largest absolute Gasteiger partial charge is 0.336 e. The maximum Gasteiger partial charge on any atom is 0.254 e. The van der Waals surface area contributed by atoms with Crippen LogP contribution in [0.3, 0.4) is 0 Å². The van der Waals surface area contributed by atoms with Crippen LogP contribution in [0.25, 0.3) is 16.7 Å². The quantitative estimate of drug-likeness (QED) is 0.366. The van der Waals surface area contributed by atoms with Crippen molar-refractivity contribution >= 4 is 16.9 Å². The van der Waals surface area contributed by atoms with Crippen LogP contribution in [0.15, 0.2) is 60.7 Å². The first kappa shape index (κ1) is 22.6. The number of aromatic nitrogens is 3. The second-order valence-corrected chi connectivity index (χ2v) is 10.7. The van der Waals surface area contributed by atoms with Crippen molar-refractivity contribution < 1.29 is 9.18 Å². The fourth-order valence-electron chi connectivity index (χ4n) is 5.44. The Morgan fingerprint density at radius 3 is 2.27 bits per heavy atom. The van der Waals surface area contributed by atoms with E-state index in [0.29, 0.717) is 24.9 Å². The summed E-state index contributed by atoms with van der Waals surface area (Å²) in [4.78, 5) is 23.5. The number of halogens is 1. The molecule has 2 aromatic carbocycles. The monoisotopic (exact) mass is 495 g/mol. The second kappa shape index (κ2) is 9.06. The third kappa shape index (κ3) is 4.42. The first-order chi connectivity index (χ1) is 18.1. The molecular formula is C30H30FN5O. The Kier molecular flexibility index (Phi) is 5.54. The number of hydrogen-bond acceptors (Lipinski definition) is 4. The van der Waals surface area contributed by atoms with Crippen LogP contribution in [-0.2, 0) is 6.54 Å². The number of hydrogen-bond donors (Lipinski definition) is 0. The third-order valence-corrected chi connectivity index (χ3v) is 7.85. The number of benzene rings is 2. The van der Waals surface area contributed by atoms with Crippen molar-refractivity contribution in [2.24, 2.45) is 0 Å². The molecule has 0 radical (unpaired) electrons. The zero-order valence-corrected chi connectivity index (χ0v) is 20.8. The van der Waals surface area contributed by atoms with E-state index in [2.05, 4.69) is 23.1 Å². The molecule has 1 amide bonds. The van der Waals surface area contributed by atoms with Gasteiger partial charge in [-0.25, -0.2) is 14.1 Å². The predicted octanol–water partition coefficient (Wildman–Crippen LogP) is 5.27. The maximum atomic E-state index is 14.1. The molecule has 3 aliphatic rings. The zero-order valence-electron chi connectivity index (χ0n) is 20.8. The molecule has 188 valence electrons. The molecule has 6 nitrogen and oxygen atoms in total. The fourth-order valence-corrected chi connectivity index (χ4v) is 5.44. The lowest BCUT2D eigenvalue weighted by Crippen LogP contribution is -2.48. The van der Waals surface area contributed by atoms with Crippen LogP contribution in [0.4, 0.5) is 4.39 Å². The molecule has 0 atom stereocenters. The lowest BCUT2D eigenvalue weighted by Gasteiger charge is -2.35. The number of fused-ring (bicyclic) bond motifs is 1. The fraction of sp³-hybridized carbons (Fsp3) is 0.367. The molecular weight excluding hydrogens is 465 g/mol. The summed E-state index contributed by atoms with van der Waals surface area (Å²) in [5.74, 6) is 0.715.